The summed E-state index contributed by atoms with van der Waals surface area (Å²) in [5, 5.41) is 7.26. The number of aryl methyl sites for hydroxylation is 1. The van der Waals surface area contributed by atoms with Crippen molar-refractivity contribution < 1.29 is 8.91 Å². The Morgan fingerprint density at radius 1 is 1.35 bits per heavy atom. The van der Waals surface area contributed by atoms with Gasteiger partial charge in [0, 0.05) is 11.6 Å². The summed E-state index contributed by atoms with van der Waals surface area (Å²) in [7, 11) is 0. The number of hydrogen-bond acceptors (Lipinski definition) is 4. The molecule has 0 bridgehead atoms. The summed E-state index contributed by atoms with van der Waals surface area (Å²) in [6.45, 7) is 8.76. The molecule has 108 valence electrons. The minimum atomic E-state index is -0.261. The van der Waals surface area contributed by atoms with Crippen molar-refractivity contribution in [2.24, 2.45) is 0 Å². The van der Waals surface area contributed by atoms with Gasteiger partial charge in [0.05, 0.1) is 5.92 Å². The molecule has 1 N–H and O–H groups in total. The van der Waals surface area contributed by atoms with E-state index >= 15 is 0 Å². The first-order valence-corrected chi connectivity index (χ1v) is 6.86. The Balaban J connectivity index is 2.22. The average Bonchev–Trinajstić information content (AvgIpc) is 2.91. The Labute approximate surface area is 118 Å². The molecule has 2 rings (SSSR count). The highest BCUT2D eigenvalue weighted by Gasteiger charge is 2.20. The molecule has 20 heavy (non-hydrogen) atoms. The first kappa shape index (κ1) is 14.7. The number of halogens is 1. The molecule has 5 heteroatoms. The predicted octanol–water partition coefficient (Wildman–Crippen LogP) is 3.29. The van der Waals surface area contributed by atoms with Gasteiger partial charge in [0.15, 0.2) is 0 Å². The molecule has 1 aromatic heterocycles. The maximum atomic E-state index is 13.6. The van der Waals surface area contributed by atoms with E-state index < -0.39 is 0 Å². The van der Waals surface area contributed by atoms with Crippen LogP contribution in [0.25, 0.3) is 11.4 Å². The molecule has 0 amide bonds. The molecule has 4 nitrogen and oxygen atoms in total. The fraction of sp³-hybridized carbons (Fsp3) is 0.467. The lowest BCUT2D eigenvalue weighted by Crippen LogP contribution is -2.30. The van der Waals surface area contributed by atoms with Crippen molar-refractivity contribution in [3.63, 3.8) is 0 Å². The molecule has 2 atom stereocenters. The minimum absolute atomic E-state index is 0.103. The van der Waals surface area contributed by atoms with E-state index in [4.69, 9.17) is 4.52 Å². The monoisotopic (exact) mass is 277 g/mol. The molecule has 0 saturated heterocycles. The van der Waals surface area contributed by atoms with Crippen molar-refractivity contribution in [1.29, 1.82) is 0 Å². The van der Waals surface area contributed by atoms with Gasteiger partial charge in [-0.15, -0.1) is 0 Å². The van der Waals surface area contributed by atoms with E-state index in [1.54, 1.807) is 19.1 Å². The van der Waals surface area contributed by atoms with Crippen LogP contribution in [0.4, 0.5) is 4.39 Å². The lowest BCUT2D eigenvalue weighted by atomic mass is 10.0. The second-order valence-electron chi connectivity index (χ2n) is 5.06. The smallest absolute Gasteiger partial charge is 0.231 e. The molecule has 1 heterocycles. The third-order valence-corrected chi connectivity index (χ3v) is 3.54. The second kappa shape index (κ2) is 6.13. The predicted molar refractivity (Wildman–Crippen MR) is 76.0 cm³/mol. The first-order valence-electron chi connectivity index (χ1n) is 6.86. The van der Waals surface area contributed by atoms with Crippen LogP contribution in [-0.4, -0.2) is 22.7 Å². The van der Waals surface area contributed by atoms with Crippen LogP contribution in [0.1, 0.15) is 38.1 Å². The van der Waals surface area contributed by atoms with Crippen molar-refractivity contribution in [2.75, 3.05) is 6.54 Å². The molecule has 0 radical (unpaired) electrons. The van der Waals surface area contributed by atoms with Crippen molar-refractivity contribution in [3.8, 4) is 11.4 Å². The maximum Gasteiger partial charge on any atom is 0.231 e. The van der Waals surface area contributed by atoms with Gasteiger partial charge in [-0.05, 0) is 32.0 Å². The standard InChI is InChI=1S/C15H20FN3O/c1-5-17-11(4)10(3)15-18-14(19-20-15)12-7-6-9(2)13(16)8-12/h6-8,10-11,17H,5H2,1-4H3. The fourth-order valence-electron chi connectivity index (χ4n) is 1.98. The van der Waals surface area contributed by atoms with E-state index in [9.17, 15) is 4.39 Å². The molecule has 0 aliphatic heterocycles. The SMILES string of the molecule is CCNC(C)C(C)c1nc(-c2ccc(C)c(F)c2)no1. The van der Waals surface area contributed by atoms with Gasteiger partial charge >= 0.3 is 0 Å². The van der Waals surface area contributed by atoms with E-state index in [-0.39, 0.29) is 17.8 Å². The largest absolute Gasteiger partial charge is 0.339 e. The van der Waals surface area contributed by atoms with Crippen LogP contribution in [0.5, 0.6) is 0 Å². The number of likely N-dealkylation sites (N-methyl/N-ethyl adjacent to an activating group) is 1. The Morgan fingerprint density at radius 2 is 2.10 bits per heavy atom. The summed E-state index contributed by atoms with van der Waals surface area (Å²) in [6, 6.07) is 5.18. The van der Waals surface area contributed by atoms with E-state index in [1.807, 2.05) is 6.92 Å². The van der Waals surface area contributed by atoms with Gasteiger partial charge in [0.2, 0.25) is 11.7 Å². The zero-order chi connectivity index (χ0) is 14.7. The number of aromatic nitrogens is 2. The van der Waals surface area contributed by atoms with Crippen LogP contribution >= 0.6 is 0 Å². The molecule has 1 aromatic carbocycles. The molecule has 0 fully saturated rings. The zero-order valence-corrected chi connectivity index (χ0v) is 12.3. The molecule has 0 aliphatic rings. The summed E-state index contributed by atoms with van der Waals surface area (Å²) in [6.07, 6.45) is 0. The molecular weight excluding hydrogens is 257 g/mol. The quantitative estimate of drug-likeness (QED) is 0.911. The van der Waals surface area contributed by atoms with Crippen LogP contribution in [0, 0.1) is 12.7 Å². The molecule has 2 unspecified atom stereocenters. The van der Waals surface area contributed by atoms with E-state index in [0.29, 0.717) is 22.8 Å². The highest BCUT2D eigenvalue weighted by molar-refractivity contribution is 5.55. The summed E-state index contributed by atoms with van der Waals surface area (Å²) >= 11 is 0. The lowest BCUT2D eigenvalue weighted by Gasteiger charge is -2.16. The minimum Gasteiger partial charge on any atom is -0.339 e. The van der Waals surface area contributed by atoms with Crippen molar-refractivity contribution in [1.82, 2.24) is 15.5 Å². The topological polar surface area (TPSA) is 51.0 Å². The first-order chi connectivity index (χ1) is 9.52. The van der Waals surface area contributed by atoms with E-state index in [2.05, 4.69) is 29.3 Å². The van der Waals surface area contributed by atoms with Crippen molar-refractivity contribution in [3.05, 3.63) is 35.5 Å². The number of hydrogen-bond donors (Lipinski definition) is 1. The number of nitrogens with one attached hydrogen (secondary N) is 1. The maximum absolute atomic E-state index is 13.6. The Morgan fingerprint density at radius 3 is 2.75 bits per heavy atom. The number of nitrogens with zero attached hydrogens (tertiary/aromatic N) is 2. The normalized spacial score (nSPS) is 14.2. The van der Waals surface area contributed by atoms with Gasteiger partial charge in [-0.2, -0.15) is 4.98 Å². The molecular formula is C15H20FN3O. The van der Waals surface area contributed by atoms with E-state index in [0.717, 1.165) is 6.54 Å². The van der Waals surface area contributed by atoms with Gasteiger partial charge in [-0.25, -0.2) is 4.39 Å². The van der Waals surface area contributed by atoms with Crippen molar-refractivity contribution in [2.45, 2.75) is 39.7 Å². The third-order valence-electron chi connectivity index (χ3n) is 3.54. The third kappa shape index (κ3) is 3.04. The van der Waals surface area contributed by atoms with Gasteiger partial charge in [-0.1, -0.05) is 31.1 Å². The van der Waals surface area contributed by atoms with Crippen LogP contribution < -0.4 is 5.32 Å². The lowest BCUT2D eigenvalue weighted by molar-refractivity contribution is 0.332. The second-order valence-corrected chi connectivity index (χ2v) is 5.06. The van der Waals surface area contributed by atoms with Gasteiger partial charge in [0.1, 0.15) is 5.82 Å². The number of benzene rings is 1. The van der Waals surface area contributed by atoms with Crippen LogP contribution in [0.2, 0.25) is 0 Å². The van der Waals surface area contributed by atoms with Crippen molar-refractivity contribution >= 4 is 0 Å². The Kier molecular flexibility index (Phi) is 4.49. The van der Waals surface area contributed by atoms with Gasteiger partial charge in [-0.3, -0.25) is 0 Å². The number of rotatable bonds is 5. The highest BCUT2D eigenvalue weighted by Crippen LogP contribution is 2.23. The van der Waals surface area contributed by atoms with Crippen LogP contribution in [0.3, 0.4) is 0 Å². The Hall–Kier alpha value is -1.75. The fourth-order valence-corrected chi connectivity index (χ4v) is 1.98. The summed E-state index contributed by atoms with van der Waals surface area (Å²) in [5.74, 6) is 0.832. The molecule has 2 aromatic rings. The summed E-state index contributed by atoms with van der Waals surface area (Å²) in [4.78, 5) is 4.37. The highest BCUT2D eigenvalue weighted by atomic mass is 19.1. The summed E-state index contributed by atoms with van der Waals surface area (Å²) in [5.41, 5.74) is 1.23. The molecule has 0 aliphatic carbocycles. The van der Waals surface area contributed by atoms with E-state index in [1.165, 1.54) is 6.07 Å². The van der Waals surface area contributed by atoms with Crippen LogP contribution in [-0.2, 0) is 0 Å². The van der Waals surface area contributed by atoms with Gasteiger partial charge < -0.3 is 9.84 Å². The summed E-state index contributed by atoms with van der Waals surface area (Å²) < 4.78 is 18.9. The molecule has 0 saturated carbocycles. The van der Waals surface area contributed by atoms with Gasteiger partial charge in [0.25, 0.3) is 0 Å². The Bertz CT molecular complexity index is 582. The van der Waals surface area contributed by atoms with Crippen LogP contribution in [0.15, 0.2) is 22.7 Å². The average molecular weight is 277 g/mol. The molecule has 0 spiro atoms. The zero-order valence-electron chi connectivity index (χ0n) is 12.3.